The number of hydrogen-bond acceptors (Lipinski definition) is 3. The van der Waals surface area contributed by atoms with Crippen molar-refractivity contribution in [3.63, 3.8) is 0 Å². The van der Waals surface area contributed by atoms with Crippen LogP contribution in [-0.4, -0.2) is 18.1 Å². The van der Waals surface area contributed by atoms with E-state index in [4.69, 9.17) is 4.74 Å². The van der Waals surface area contributed by atoms with Crippen molar-refractivity contribution in [2.75, 3.05) is 18.5 Å². The third-order valence-electron chi connectivity index (χ3n) is 2.41. The normalized spacial score (nSPS) is 11.5. The van der Waals surface area contributed by atoms with Crippen molar-refractivity contribution >= 4 is 5.82 Å². The summed E-state index contributed by atoms with van der Waals surface area (Å²) in [5.74, 6) is 0.921. The second-order valence-corrected chi connectivity index (χ2v) is 5.41. The lowest BCUT2D eigenvalue weighted by atomic mass is 9.93. The molecule has 1 aromatic heterocycles. The summed E-state index contributed by atoms with van der Waals surface area (Å²) in [4.78, 5) is 4.46. The van der Waals surface area contributed by atoms with Crippen LogP contribution >= 0.6 is 0 Å². The van der Waals surface area contributed by atoms with Gasteiger partial charge in [0.15, 0.2) is 0 Å². The number of hydrogen-bond donors (Lipinski definition) is 1. The summed E-state index contributed by atoms with van der Waals surface area (Å²) < 4.78 is 5.64. The van der Waals surface area contributed by atoms with E-state index < -0.39 is 0 Å². The lowest BCUT2D eigenvalue weighted by molar-refractivity contribution is 0.0941. The summed E-state index contributed by atoms with van der Waals surface area (Å²) in [6.07, 6.45) is 1.07. The molecule has 0 saturated carbocycles. The molecule has 1 heterocycles. The van der Waals surface area contributed by atoms with Crippen LogP contribution in [0.5, 0.6) is 0 Å². The van der Waals surface area contributed by atoms with E-state index in [0.717, 1.165) is 31.1 Å². The van der Waals surface area contributed by atoms with Crippen molar-refractivity contribution < 1.29 is 4.74 Å². The Kier molecular flexibility index (Phi) is 5.42. The zero-order valence-electron chi connectivity index (χ0n) is 11.4. The Morgan fingerprint density at radius 3 is 2.71 bits per heavy atom. The molecule has 0 amide bonds. The number of rotatable bonds is 6. The first-order valence-electron chi connectivity index (χ1n) is 6.29. The third kappa shape index (κ3) is 6.27. The predicted octanol–water partition coefficient (Wildman–Crippen LogP) is 3.47. The van der Waals surface area contributed by atoms with Gasteiger partial charge in [-0.05, 0) is 30.9 Å². The van der Waals surface area contributed by atoms with Gasteiger partial charge in [0.2, 0.25) is 0 Å². The Bertz CT molecular complexity index is 331. The molecule has 17 heavy (non-hydrogen) atoms. The Balaban J connectivity index is 2.34. The van der Waals surface area contributed by atoms with E-state index in [-0.39, 0.29) is 0 Å². The van der Waals surface area contributed by atoms with Crippen LogP contribution in [0.3, 0.4) is 0 Å². The number of aromatic nitrogens is 1. The number of nitrogens with zero attached hydrogens (tertiary/aromatic N) is 1. The Labute approximate surface area is 105 Å². The molecule has 0 spiro atoms. The highest BCUT2D eigenvalue weighted by Crippen LogP contribution is 2.18. The van der Waals surface area contributed by atoms with E-state index in [9.17, 15) is 0 Å². The molecule has 1 aromatic rings. The molecule has 1 N–H and O–H groups in total. The molecule has 0 aromatic carbocycles. The van der Waals surface area contributed by atoms with Crippen LogP contribution in [0.1, 0.15) is 39.8 Å². The van der Waals surface area contributed by atoms with E-state index in [2.05, 4.69) is 38.0 Å². The average Bonchev–Trinajstić information content (AvgIpc) is 2.24. The lowest BCUT2D eigenvalue weighted by Crippen LogP contribution is -2.10. The molecule has 3 heteroatoms. The maximum Gasteiger partial charge on any atom is 0.126 e. The molecule has 0 bridgehead atoms. The van der Waals surface area contributed by atoms with Gasteiger partial charge in [-0.3, -0.25) is 0 Å². The van der Waals surface area contributed by atoms with Gasteiger partial charge in [0.1, 0.15) is 5.82 Å². The van der Waals surface area contributed by atoms with Gasteiger partial charge >= 0.3 is 0 Å². The Hall–Kier alpha value is -1.09. The topological polar surface area (TPSA) is 34.1 Å². The average molecular weight is 236 g/mol. The van der Waals surface area contributed by atoms with Crippen molar-refractivity contribution in [3.05, 3.63) is 23.9 Å². The maximum absolute atomic E-state index is 5.64. The van der Waals surface area contributed by atoms with E-state index in [1.807, 2.05) is 18.2 Å². The highest BCUT2D eigenvalue weighted by atomic mass is 16.5. The van der Waals surface area contributed by atoms with E-state index in [0.29, 0.717) is 12.0 Å². The number of nitrogens with one attached hydrogen (secondary N) is 1. The minimum absolute atomic E-state index is 0.332. The van der Waals surface area contributed by atoms with Crippen LogP contribution in [0.15, 0.2) is 18.2 Å². The highest BCUT2D eigenvalue weighted by Gasteiger charge is 2.09. The van der Waals surface area contributed by atoms with Crippen LogP contribution in [0.2, 0.25) is 0 Å². The van der Waals surface area contributed by atoms with Gasteiger partial charge in [0.05, 0.1) is 12.3 Å². The van der Waals surface area contributed by atoms with Gasteiger partial charge < -0.3 is 10.1 Å². The minimum atomic E-state index is 0.332. The van der Waals surface area contributed by atoms with Crippen molar-refractivity contribution in [2.24, 2.45) is 5.41 Å². The van der Waals surface area contributed by atoms with Gasteiger partial charge in [-0.15, -0.1) is 0 Å². The van der Waals surface area contributed by atoms with Crippen LogP contribution in [0.25, 0.3) is 0 Å². The number of anilines is 1. The molecule has 0 atom stereocenters. The largest absolute Gasteiger partial charge is 0.375 e. The summed E-state index contributed by atoms with van der Waals surface area (Å²) >= 11 is 0. The molecule has 0 unspecified atom stereocenters. The van der Waals surface area contributed by atoms with E-state index in [1.54, 1.807) is 0 Å². The van der Waals surface area contributed by atoms with Crippen LogP contribution in [-0.2, 0) is 11.3 Å². The van der Waals surface area contributed by atoms with Gasteiger partial charge in [0, 0.05) is 13.2 Å². The highest BCUT2D eigenvalue weighted by molar-refractivity contribution is 5.34. The quantitative estimate of drug-likeness (QED) is 0.768. The van der Waals surface area contributed by atoms with Gasteiger partial charge in [-0.25, -0.2) is 4.98 Å². The molecule has 0 aliphatic rings. The molecule has 0 saturated heterocycles. The fourth-order valence-electron chi connectivity index (χ4n) is 1.39. The van der Waals surface area contributed by atoms with Crippen molar-refractivity contribution in [1.29, 1.82) is 0 Å². The fraction of sp³-hybridized carbons (Fsp3) is 0.643. The van der Waals surface area contributed by atoms with Crippen molar-refractivity contribution in [1.82, 2.24) is 4.98 Å². The number of pyridine rings is 1. The summed E-state index contributed by atoms with van der Waals surface area (Å²) in [6, 6.07) is 5.98. The van der Waals surface area contributed by atoms with E-state index in [1.165, 1.54) is 0 Å². The second kappa shape index (κ2) is 6.60. The molecule has 0 aliphatic heterocycles. The minimum Gasteiger partial charge on any atom is -0.375 e. The molecule has 3 nitrogen and oxygen atoms in total. The van der Waals surface area contributed by atoms with Crippen molar-refractivity contribution in [3.8, 4) is 0 Å². The summed E-state index contributed by atoms with van der Waals surface area (Å²) in [5, 5.41) is 3.20. The standard InChI is InChI=1S/C14H24N2O/c1-5-15-13-8-6-7-12(16-13)11-17-10-9-14(2,3)4/h6-8H,5,9-11H2,1-4H3,(H,15,16). The summed E-state index contributed by atoms with van der Waals surface area (Å²) in [6.45, 7) is 11.0. The maximum atomic E-state index is 5.64. The summed E-state index contributed by atoms with van der Waals surface area (Å²) in [7, 11) is 0. The molecular formula is C14H24N2O. The van der Waals surface area contributed by atoms with Crippen LogP contribution in [0, 0.1) is 5.41 Å². The molecule has 0 radical (unpaired) electrons. The van der Waals surface area contributed by atoms with Crippen molar-refractivity contribution in [2.45, 2.75) is 40.7 Å². The smallest absolute Gasteiger partial charge is 0.126 e. The zero-order chi connectivity index (χ0) is 12.7. The second-order valence-electron chi connectivity index (χ2n) is 5.41. The van der Waals surface area contributed by atoms with E-state index >= 15 is 0 Å². The molecule has 0 aliphatic carbocycles. The monoisotopic (exact) mass is 236 g/mol. The SMILES string of the molecule is CCNc1cccc(COCCC(C)(C)C)n1. The first-order valence-corrected chi connectivity index (χ1v) is 6.29. The number of ether oxygens (including phenoxy) is 1. The zero-order valence-corrected chi connectivity index (χ0v) is 11.4. The fourth-order valence-corrected chi connectivity index (χ4v) is 1.39. The molecular weight excluding hydrogens is 212 g/mol. The summed E-state index contributed by atoms with van der Waals surface area (Å²) in [5.41, 5.74) is 1.32. The molecule has 96 valence electrons. The Morgan fingerprint density at radius 2 is 2.06 bits per heavy atom. The van der Waals surface area contributed by atoms with Crippen LogP contribution in [0.4, 0.5) is 5.82 Å². The lowest BCUT2D eigenvalue weighted by Gasteiger charge is -2.17. The van der Waals surface area contributed by atoms with Gasteiger partial charge in [-0.2, -0.15) is 0 Å². The van der Waals surface area contributed by atoms with Gasteiger partial charge in [0.25, 0.3) is 0 Å². The van der Waals surface area contributed by atoms with Gasteiger partial charge in [-0.1, -0.05) is 26.8 Å². The first-order chi connectivity index (χ1) is 8.01. The first kappa shape index (κ1) is 14.0. The molecule has 1 rings (SSSR count). The predicted molar refractivity (Wildman–Crippen MR) is 72.1 cm³/mol. The third-order valence-corrected chi connectivity index (χ3v) is 2.41. The Morgan fingerprint density at radius 1 is 1.29 bits per heavy atom. The van der Waals surface area contributed by atoms with Crippen LogP contribution < -0.4 is 5.32 Å². The molecule has 0 fully saturated rings.